The summed E-state index contributed by atoms with van der Waals surface area (Å²) < 4.78 is 0. The number of benzene rings is 4. The van der Waals surface area contributed by atoms with E-state index in [4.69, 9.17) is 16.6 Å². The van der Waals surface area contributed by atoms with E-state index in [0.717, 1.165) is 55.8 Å². The molecule has 0 bridgehead atoms. The molecule has 40 heavy (non-hydrogen) atoms. The van der Waals surface area contributed by atoms with Gasteiger partial charge in [-0.05, 0) is 85.1 Å². The molecule has 0 saturated heterocycles. The van der Waals surface area contributed by atoms with Crippen molar-refractivity contribution in [2.45, 2.75) is 19.3 Å². The summed E-state index contributed by atoms with van der Waals surface area (Å²) in [5, 5.41) is 14.3. The number of rotatable bonds is 8. The molecule has 1 amide bonds. The molecule has 0 saturated carbocycles. The summed E-state index contributed by atoms with van der Waals surface area (Å²) in [5.41, 5.74) is 7.11. The highest BCUT2D eigenvalue weighted by atomic mass is 35.5. The molecule has 0 radical (unpaired) electrons. The monoisotopic (exact) mass is 543 g/mol. The van der Waals surface area contributed by atoms with Crippen LogP contribution in [-0.2, 0) is 11.2 Å². The van der Waals surface area contributed by atoms with Gasteiger partial charge in [0.05, 0.1) is 28.3 Å². The van der Waals surface area contributed by atoms with Gasteiger partial charge in [0.1, 0.15) is 0 Å². The standard InChI is InChI=1S/C33H26ClN5O/c34-23-14-20-30-28(21-23)27(33(37-30)31-19-13-22-7-4-5-11-29(22)36-31)10-6-12-32(40)35-24-15-17-26(18-16-24)39-38-25-8-2-1-3-9-25/h1-5,7-9,11,13-21,37H,6,10,12H2,(H,35,40). The molecule has 0 atom stereocenters. The fraction of sp³-hybridized carbons (Fsp3) is 0.0909. The summed E-state index contributed by atoms with van der Waals surface area (Å²) in [7, 11) is 0. The molecule has 6 rings (SSSR count). The minimum atomic E-state index is -0.0399. The second-order valence-electron chi connectivity index (χ2n) is 9.54. The van der Waals surface area contributed by atoms with Crippen molar-refractivity contribution in [3.05, 3.63) is 120 Å². The second-order valence-corrected chi connectivity index (χ2v) is 9.98. The molecular formula is C33H26ClN5O. The molecule has 0 aliphatic rings. The molecule has 4 aromatic carbocycles. The summed E-state index contributed by atoms with van der Waals surface area (Å²) in [6, 6.07) is 34.9. The number of H-pyrrole nitrogens is 1. The lowest BCUT2D eigenvalue weighted by Crippen LogP contribution is -2.11. The zero-order chi connectivity index (χ0) is 27.3. The van der Waals surface area contributed by atoms with Gasteiger partial charge >= 0.3 is 0 Å². The van der Waals surface area contributed by atoms with Gasteiger partial charge in [-0.2, -0.15) is 10.2 Å². The van der Waals surface area contributed by atoms with E-state index in [-0.39, 0.29) is 5.91 Å². The molecule has 2 N–H and O–H groups in total. The predicted octanol–water partition coefficient (Wildman–Crippen LogP) is 9.41. The Morgan fingerprint density at radius 1 is 0.825 bits per heavy atom. The summed E-state index contributed by atoms with van der Waals surface area (Å²) in [5.74, 6) is -0.0399. The van der Waals surface area contributed by atoms with Crippen LogP contribution in [0.1, 0.15) is 18.4 Å². The third kappa shape index (κ3) is 5.77. The Hall–Kier alpha value is -4.81. The first kappa shape index (κ1) is 25.5. The summed E-state index contributed by atoms with van der Waals surface area (Å²) in [4.78, 5) is 21.2. The van der Waals surface area contributed by atoms with E-state index >= 15 is 0 Å². The average Bonchev–Trinajstić information content (AvgIpc) is 3.34. The third-order valence-electron chi connectivity index (χ3n) is 6.74. The quantitative estimate of drug-likeness (QED) is 0.187. The van der Waals surface area contributed by atoms with Crippen LogP contribution in [0.15, 0.2) is 119 Å². The van der Waals surface area contributed by atoms with Crippen LogP contribution in [0.3, 0.4) is 0 Å². The number of nitrogens with zero attached hydrogens (tertiary/aromatic N) is 3. The van der Waals surface area contributed by atoms with Crippen LogP contribution in [0, 0.1) is 0 Å². The number of amides is 1. The Bertz CT molecular complexity index is 1830. The van der Waals surface area contributed by atoms with E-state index in [0.29, 0.717) is 24.3 Å². The number of carbonyl (C=O) groups excluding carboxylic acids is 1. The number of aromatic amines is 1. The predicted molar refractivity (Wildman–Crippen MR) is 163 cm³/mol. The van der Waals surface area contributed by atoms with Gasteiger partial charge in [0.2, 0.25) is 5.91 Å². The van der Waals surface area contributed by atoms with Crippen LogP contribution in [0.5, 0.6) is 0 Å². The first-order chi connectivity index (χ1) is 19.6. The molecule has 0 spiro atoms. The molecule has 6 nitrogen and oxygen atoms in total. The Balaban J connectivity index is 1.14. The van der Waals surface area contributed by atoms with Gasteiger partial charge < -0.3 is 10.3 Å². The van der Waals surface area contributed by atoms with Crippen molar-refractivity contribution in [2.75, 3.05) is 5.32 Å². The number of para-hydroxylation sites is 1. The Morgan fingerprint density at radius 2 is 1.57 bits per heavy atom. The normalized spacial score (nSPS) is 11.4. The summed E-state index contributed by atoms with van der Waals surface area (Å²) in [6.45, 7) is 0. The lowest BCUT2D eigenvalue weighted by molar-refractivity contribution is -0.116. The number of hydrogen-bond donors (Lipinski definition) is 2. The number of anilines is 1. The zero-order valence-electron chi connectivity index (χ0n) is 21.6. The van der Waals surface area contributed by atoms with Crippen molar-refractivity contribution in [3.63, 3.8) is 0 Å². The second kappa shape index (κ2) is 11.5. The van der Waals surface area contributed by atoms with Gasteiger partial charge in [-0.25, -0.2) is 4.98 Å². The Labute approximate surface area is 236 Å². The third-order valence-corrected chi connectivity index (χ3v) is 6.98. The number of hydrogen-bond acceptors (Lipinski definition) is 4. The first-order valence-corrected chi connectivity index (χ1v) is 13.5. The van der Waals surface area contributed by atoms with Crippen molar-refractivity contribution in [1.82, 2.24) is 9.97 Å². The van der Waals surface area contributed by atoms with Gasteiger partial charge in [-0.3, -0.25) is 4.79 Å². The van der Waals surface area contributed by atoms with Crippen LogP contribution in [0.2, 0.25) is 5.02 Å². The molecule has 0 unspecified atom stereocenters. The number of pyridine rings is 1. The number of azo groups is 1. The van der Waals surface area contributed by atoms with Crippen LogP contribution in [0.25, 0.3) is 33.2 Å². The molecule has 2 heterocycles. The fourth-order valence-electron chi connectivity index (χ4n) is 4.77. The molecule has 7 heteroatoms. The molecule has 196 valence electrons. The molecular weight excluding hydrogens is 518 g/mol. The van der Waals surface area contributed by atoms with Crippen molar-refractivity contribution in [1.29, 1.82) is 0 Å². The fourth-order valence-corrected chi connectivity index (χ4v) is 4.95. The maximum atomic E-state index is 12.8. The molecule has 0 fully saturated rings. The van der Waals surface area contributed by atoms with Gasteiger partial charge in [0.15, 0.2) is 0 Å². The van der Waals surface area contributed by atoms with E-state index in [2.05, 4.69) is 32.7 Å². The molecule has 2 aromatic heterocycles. The Morgan fingerprint density at radius 3 is 2.40 bits per heavy atom. The minimum absolute atomic E-state index is 0.0399. The van der Waals surface area contributed by atoms with Crippen molar-refractivity contribution >= 4 is 56.4 Å². The maximum Gasteiger partial charge on any atom is 0.224 e. The minimum Gasteiger partial charge on any atom is -0.353 e. The highest BCUT2D eigenvalue weighted by Crippen LogP contribution is 2.33. The van der Waals surface area contributed by atoms with Crippen molar-refractivity contribution in [3.8, 4) is 11.4 Å². The smallest absolute Gasteiger partial charge is 0.224 e. The van der Waals surface area contributed by atoms with Crippen LogP contribution in [-0.4, -0.2) is 15.9 Å². The molecule has 6 aromatic rings. The number of fused-ring (bicyclic) bond motifs is 2. The largest absolute Gasteiger partial charge is 0.353 e. The number of halogens is 1. The maximum absolute atomic E-state index is 12.8. The number of nitrogens with one attached hydrogen (secondary N) is 2. The lowest BCUT2D eigenvalue weighted by atomic mass is 10.0. The van der Waals surface area contributed by atoms with Crippen LogP contribution >= 0.6 is 11.6 Å². The molecule has 0 aliphatic carbocycles. The van der Waals surface area contributed by atoms with Gasteiger partial charge in [-0.1, -0.05) is 54.1 Å². The Kier molecular flexibility index (Phi) is 7.33. The van der Waals surface area contributed by atoms with Gasteiger partial charge in [0, 0.05) is 33.4 Å². The van der Waals surface area contributed by atoms with E-state index in [1.807, 2.05) is 97.1 Å². The SMILES string of the molecule is O=C(CCCc1c(-c2ccc3ccccc3n2)[nH]c2ccc(Cl)cc12)Nc1ccc(N=Nc2ccccc2)cc1. The number of carbonyl (C=O) groups is 1. The van der Waals surface area contributed by atoms with Crippen LogP contribution < -0.4 is 5.32 Å². The molecule has 0 aliphatic heterocycles. The van der Waals surface area contributed by atoms with E-state index in [9.17, 15) is 4.79 Å². The van der Waals surface area contributed by atoms with Gasteiger partial charge in [0.25, 0.3) is 0 Å². The van der Waals surface area contributed by atoms with Crippen molar-refractivity contribution < 1.29 is 4.79 Å². The first-order valence-electron chi connectivity index (χ1n) is 13.2. The summed E-state index contributed by atoms with van der Waals surface area (Å²) >= 11 is 6.35. The lowest BCUT2D eigenvalue weighted by Gasteiger charge is -2.08. The zero-order valence-corrected chi connectivity index (χ0v) is 22.4. The van der Waals surface area contributed by atoms with E-state index in [1.165, 1.54) is 0 Å². The summed E-state index contributed by atoms with van der Waals surface area (Å²) in [6.07, 6.45) is 1.76. The van der Waals surface area contributed by atoms with Crippen molar-refractivity contribution in [2.24, 2.45) is 10.2 Å². The topological polar surface area (TPSA) is 82.5 Å². The van der Waals surface area contributed by atoms with Gasteiger partial charge in [-0.15, -0.1) is 0 Å². The highest BCUT2D eigenvalue weighted by Gasteiger charge is 2.16. The number of aryl methyl sites for hydroxylation is 1. The number of aromatic nitrogens is 2. The van der Waals surface area contributed by atoms with Crippen LogP contribution in [0.4, 0.5) is 17.1 Å². The highest BCUT2D eigenvalue weighted by molar-refractivity contribution is 6.31. The van der Waals surface area contributed by atoms with E-state index in [1.54, 1.807) is 0 Å². The van der Waals surface area contributed by atoms with E-state index < -0.39 is 0 Å². The average molecular weight is 544 g/mol.